The van der Waals surface area contributed by atoms with E-state index in [9.17, 15) is 0 Å². The summed E-state index contributed by atoms with van der Waals surface area (Å²) >= 11 is 0. The van der Waals surface area contributed by atoms with E-state index < -0.39 is 0 Å². The standard InChI is InChI=1S/C16H18O2/c1-12(13-4-8-15(17-2)9-5-13)14-6-10-16(18-3)11-7-14/h4-12H,1-3H3/i4+1,5+1,8+1,9+1,13+1,15+1. The zero-order chi connectivity index (χ0) is 13.0. The van der Waals surface area contributed by atoms with Gasteiger partial charge in [-0.2, -0.15) is 0 Å². The molecule has 0 N–H and O–H groups in total. The summed E-state index contributed by atoms with van der Waals surface area (Å²) in [6.45, 7) is 2.20. The molecule has 1 atom stereocenters. The average molecular weight is 248 g/mol. The van der Waals surface area contributed by atoms with Gasteiger partial charge in [-0.1, -0.05) is 31.2 Å². The van der Waals surface area contributed by atoms with Crippen molar-refractivity contribution in [1.29, 1.82) is 0 Å². The van der Waals surface area contributed by atoms with Crippen LogP contribution in [0.5, 0.6) is 11.5 Å². The minimum absolute atomic E-state index is 0.363. The van der Waals surface area contributed by atoms with Gasteiger partial charge < -0.3 is 9.47 Å². The summed E-state index contributed by atoms with van der Waals surface area (Å²) in [5, 5.41) is 0. The Balaban J connectivity index is 2.20. The zero-order valence-electron chi connectivity index (χ0n) is 11.0. The van der Waals surface area contributed by atoms with Crippen molar-refractivity contribution < 1.29 is 9.47 Å². The maximum atomic E-state index is 5.17. The summed E-state index contributed by atoms with van der Waals surface area (Å²) in [4.78, 5) is 0. The molecule has 0 spiro atoms. The molecule has 0 amide bonds. The summed E-state index contributed by atoms with van der Waals surface area (Å²) < 4.78 is 10.3. The molecule has 94 valence electrons. The molecule has 0 aliphatic rings. The van der Waals surface area contributed by atoms with Gasteiger partial charge in [0.25, 0.3) is 0 Å². The van der Waals surface area contributed by atoms with Crippen LogP contribution >= 0.6 is 0 Å². The van der Waals surface area contributed by atoms with Crippen LogP contribution in [-0.2, 0) is 0 Å². The van der Waals surface area contributed by atoms with Crippen molar-refractivity contribution in [2.45, 2.75) is 12.8 Å². The highest BCUT2D eigenvalue weighted by molar-refractivity contribution is 5.37. The van der Waals surface area contributed by atoms with Gasteiger partial charge in [0.15, 0.2) is 0 Å². The lowest BCUT2D eigenvalue weighted by Crippen LogP contribution is -1.96. The molecule has 18 heavy (non-hydrogen) atoms. The van der Waals surface area contributed by atoms with Gasteiger partial charge in [-0.3, -0.25) is 0 Å². The first-order valence-electron chi connectivity index (χ1n) is 6.02. The van der Waals surface area contributed by atoms with Crippen LogP contribution in [0.15, 0.2) is 48.5 Å². The second-order valence-electron chi connectivity index (χ2n) is 4.27. The van der Waals surface area contributed by atoms with Crippen molar-refractivity contribution in [3.05, 3.63) is 59.7 Å². The maximum absolute atomic E-state index is 5.17. The largest absolute Gasteiger partial charge is 0.497 e. The highest BCUT2D eigenvalue weighted by Crippen LogP contribution is 2.26. The van der Waals surface area contributed by atoms with Crippen LogP contribution in [0.1, 0.15) is 24.0 Å². The van der Waals surface area contributed by atoms with Crippen molar-refractivity contribution in [3.8, 4) is 11.5 Å². The van der Waals surface area contributed by atoms with Crippen LogP contribution in [0.3, 0.4) is 0 Å². The molecule has 2 aromatic carbocycles. The Hall–Kier alpha value is -1.96. The lowest BCUT2D eigenvalue weighted by molar-refractivity contribution is 0.414. The number of methoxy groups -OCH3 is 2. The number of hydrogen-bond donors (Lipinski definition) is 0. The van der Waals surface area contributed by atoms with Gasteiger partial charge >= 0.3 is 0 Å². The Labute approximate surface area is 108 Å². The smallest absolute Gasteiger partial charge is 0.118 e. The van der Waals surface area contributed by atoms with Gasteiger partial charge in [0.2, 0.25) is 0 Å². The van der Waals surface area contributed by atoms with E-state index in [0.717, 1.165) is 11.5 Å². The Kier molecular flexibility index (Phi) is 3.88. The molecule has 0 fully saturated rings. The van der Waals surface area contributed by atoms with Crippen LogP contribution in [0, 0.1) is 0 Å². The SMILES string of the molecule is COc1ccc(C(C)[13c]2[13cH][13cH][13c](OC)[13cH][13cH]2)cc1. The molecule has 0 bridgehead atoms. The van der Waals surface area contributed by atoms with Crippen LogP contribution in [-0.4, -0.2) is 14.2 Å². The minimum atomic E-state index is 0.363. The maximum Gasteiger partial charge on any atom is 0.118 e. The van der Waals surface area contributed by atoms with Gasteiger partial charge in [-0.15, -0.1) is 0 Å². The summed E-state index contributed by atoms with van der Waals surface area (Å²) in [6.07, 6.45) is 0. The lowest BCUT2D eigenvalue weighted by atomic mass is 10.1. The zero-order valence-corrected chi connectivity index (χ0v) is 11.0. The summed E-state index contributed by atoms with van der Waals surface area (Å²) in [7, 11) is 3.36. The van der Waals surface area contributed by atoms with Crippen LogP contribution in [0.2, 0.25) is 0 Å². The molecule has 2 nitrogen and oxygen atoms in total. The predicted octanol–water partition coefficient (Wildman–Crippen LogP) is 3.86. The molecule has 0 aliphatic heterocycles. The fourth-order valence-electron chi connectivity index (χ4n) is 1.98. The lowest BCUT2D eigenvalue weighted by Gasteiger charge is -2.13. The van der Waals surface area contributed by atoms with Gasteiger partial charge in [0.05, 0.1) is 14.2 Å². The van der Waals surface area contributed by atoms with Crippen molar-refractivity contribution in [3.63, 3.8) is 0 Å². The fraction of sp³-hybridized carbons (Fsp3) is 0.250. The van der Waals surface area contributed by atoms with E-state index in [1.54, 1.807) is 14.2 Å². The fourth-order valence-corrected chi connectivity index (χ4v) is 1.98. The van der Waals surface area contributed by atoms with Gasteiger partial charge in [0, 0.05) is 5.92 Å². The molecule has 0 saturated heterocycles. The van der Waals surface area contributed by atoms with Gasteiger partial charge in [-0.25, -0.2) is 0 Å². The molecule has 0 aliphatic carbocycles. The van der Waals surface area contributed by atoms with E-state index in [0.29, 0.717) is 5.92 Å². The molecule has 2 heteroatoms. The Morgan fingerprint density at radius 3 is 1.28 bits per heavy atom. The monoisotopic (exact) mass is 248 g/mol. The number of ether oxygens (including phenoxy) is 2. The van der Waals surface area contributed by atoms with Crippen molar-refractivity contribution >= 4 is 0 Å². The van der Waals surface area contributed by atoms with Gasteiger partial charge in [0.1, 0.15) is 11.5 Å². The molecule has 2 aromatic rings. The highest BCUT2D eigenvalue weighted by atomic mass is 16.5. The summed E-state index contributed by atoms with van der Waals surface area (Å²) in [5.74, 6) is 2.14. The van der Waals surface area contributed by atoms with E-state index in [-0.39, 0.29) is 0 Å². The molecule has 1 unspecified atom stereocenters. The van der Waals surface area contributed by atoms with Crippen molar-refractivity contribution in [2.75, 3.05) is 14.2 Å². The van der Waals surface area contributed by atoms with E-state index in [1.165, 1.54) is 11.1 Å². The first-order valence-corrected chi connectivity index (χ1v) is 6.02. The quantitative estimate of drug-likeness (QED) is 0.818. The average Bonchev–Trinajstić information content (AvgIpc) is 2.47. The minimum Gasteiger partial charge on any atom is -0.497 e. The summed E-state index contributed by atoms with van der Waals surface area (Å²) in [5.41, 5.74) is 2.56. The Bertz CT molecular complexity index is 438. The topological polar surface area (TPSA) is 18.5 Å². The van der Waals surface area contributed by atoms with Gasteiger partial charge in [-0.05, 0) is 35.4 Å². The third kappa shape index (κ3) is 2.65. The van der Waals surface area contributed by atoms with E-state index in [4.69, 9.17) is 9.47 Å². The van der Waals surface area contributed by atoms with Crippen LogP contribution < -0.4 is 9.47 Å². The van der Waals surface area contributed by atoms with E-state index in [2.05, 4.69) is 31.2 Å². The van der Waals surface area contributed by atoms with Crippen molar-refractivity contribution in [2.24, 2.45) is 0 Å². The van der Waals surface area contributed by atoms with Crippen molar-refractivity contribution in [1.82, 2.24) is 0 Å². The predicted molar refractivity (Wildman–Crippen MR) is 73.5 cm³/mol. The molecule has 0 aromatic heterocycles. The molecule has 0 heterocycles. The number of benzene rings is 2. The van der Waals surface area contributed by atoms with Crippen LogP contribution in [0.4, 0.5) is 0 Å². The first kappa shape index (κ1) is 12.5. The van der Waals surface area contributed by atoms with Crippen LogP contribution in [0.25, 0.3) is 0 Å². The second kappa shape index (κ2) is 5.58. The van der Waals surface area contributed by atoms with E-state index >= 15 is 0 Å². The number of hydrogen-bond acceptors (Lipinski definition) is 2. The highest BCUT2D eigenvalue weighted by Gasteiger charge is 2.08. The Morgan fingerprint density at radius 2 is 1.00 bits per heavy atom. The third-order valence-electron chi connectivity index (χ3n) is 3.23. The molecular weight excluding hydrogens is 230 g/mol. The third-order valence-corrected chi connectivity index (χ3v) is 3.23. The molecule has 0 radical (unpaired) electrons. The normalized spacial score (nSPS) is 11.9. The molecule has 0 saturated carbocycles. The molecular formula is C16H18O2. The Morgan fingerprint density at radius 1 is 0.667 bits per heavy atom. The number of rotatable bonds is 4. The first-order chi connectivity index (χ1) is 8.74. The van der Waals surface area contributed by atoms with E-state index in [1.807, 2.05) is 24.3 Å². The molecule has 2 rings (SSSR count). The second-order valence-corrected chi connectivity index (χ2v) is 4.27. The summed E-state index contributed by atoms with van der Waals surface area (Å²) in [6, 6.07) is 16.4.